The number of nitrogen functional groups attached to an aromatic ring is 1. The minimum Gasteiger partial charge on any atom is -0.454 e. The van der Waals surface area contributed by atoms with Gasteiger partial charge in [0.25, 0.3) is 5.91 Å². The van der Waals surface area contributed by atoms with Gasteiger partial charge in [0, 0.05) is 18.5 Å². The third-order valence-corrected chi connectivity index (χ3v) is 5.44. The smallest absolute Gasteiger partial charge is 0.327 e. The van der Waals surface area contributed by atoms with Gasteiger partial charge < -0.3 is 20.1 Å². The van der Waals surface area contributed by atoms with Crippen molar-refractivity contribution >= 4 is 17.8 Å². The number of fused-ring (bicyclic) bond motifs is 1. The molecule has 0 saturated carbocycles. The molecule has 162 valence electrons. The number of imide groups is 1. The normalized spacial score (nSPS) is 17.7. The summed E-state index contributed by atoms with van der Waals surface area (Å²) in [7, 11) is 0. The van der Waals surface area contributed by atoms with E-state index in [4.69, 9.17) is 20.6 Å². The molecule has 2 aliphatic rings. The summed E-state index contributed by atoms with van der Waals surface area (Å²) in [6.45, 7) is 4.90. The lowest BCUT2D eigenvalue weighted by Gasteiger charge is -2.23. The van der Waals surface area contributed by atoms with Crippen molar-refractivity contribution in [3.05, 3.63) is 59.2 Å². The number of urea groups is 1. The van der Waals surface area contributed by atoms with Crippen molar-refractivity contribution in [3.8, 4) is 11.5 Å². The molecule has 3 N–H and O–H groups in total. The minimum absolute atomic E-state index is 0.00462. The van der Waals surface area contributed by atoms with Crippen LogP contribution in [0, 0.1) is 11.3 Å². The zero-order valence-electron chi connectivity index (χ0n) is 17.6. The fourth-order valence-corrected chi connectivity index (χ4v) is 3.90. The summed E-state index contributed by atoms with van der Waals surface area (Å²) >= 11 is 0. The van der Waals surface area contributed by atoms with Crippen LogP contribution in [0.4, 0.5) is 4.79 Å². The quantitative estimate of drug-likeness (QED) is 0.405. The van der Waals surface area contributed by atoms with E-state index in [1.807, 2.05) is 38.1 Å². The Morgan fingerprint density at radius 1 is 1.10 bits per heavy atom. The molecule has 8 heteroatoms. The second kappa shape index (κ2) is 8.29. The van der Waals surface area contributed by atoms with Crippen LogP contribution in [-0.4, -0.2) is 47.0 Å². The van der Waals surface area contributed by atoms with Crippen molar-refractivity contribution < 1.29 is 19.1 Å². The highest BCUT2D eigenvalue weighted by molar-refractivity contribution is 6.04. The number of hydrogen-bond acceptors (Lipinski definition) is 5. The van der Waals surface area contributed by atoms with Crippen LogP contribution in [0.3, 0.4) is 0 Å². The molecule has 4 rings (SSSR count). The molecular formula is C23H26N4O4. The van der Waals surface area contributed by atoms with Gasteiger partial charge >= 0.3 is 6.03 Å². The molecule has 1 saturated heterocycles. The first-order valence-corrected chi connectivity index (χ1v) is 10.3. The van der Waals surface area contributed by atoms with E-state index in [0.29, 0.717) is 30.0 Å². The molecule has 0 aromatic heterocycles. The molecule has 0 spiro atoms. The van der Waals surface area contributed by atoms with Gasteiger partial charge in [0.2, 0.25) is 6.79 Å². The second-order valence-corrected chi connectivity index (χ2v) is 8.27. The Kier molecular flexibility index (Phi) is 5.54. The summed E-state index contributed by atoms with van der Waals surface area (Å²) in [5.74, 6) is 1.30. The standard InChI is InChI=1S/C23H26N4O4/c1-14(2)11-26-18(9-15-3-6-17(7-4-15)21(24)25)22(28)27(23(26)29)12-16-5-8-19-20(10-16)31-13-30-19/h3-8,10,14,18H,9,11-13H2,1-2H3,(H3,24,25)/t18-/m0/s1. The average molecular weight is 422 g/mol. The third kappa shape index (κ3) is 4.19. The van der Waals surface area contributed by atoms with E-state index in [2.05, 4.69) is 0 Å². The predicted molar refractivity (Wildman–Crippen MR) is 115 cm³/mol. The van der Waals surface area contributed by atoms with Crippen molar-refractivity contribution in [2.75, 3.05) is 13.3 Å². The number of nitrogens with two attached hydrogens (primary N) is 1. The molecule has 1 atom stereocenters. The van der Waals surface area contributed by atoms with Gasteiger partial charge in [0.1, 0.15) is 11.9 Å². The van der Waals surface area contributed by atoms with Crippen molar-refractivity contribution in [3.63, 3.8) is 0 Å². The molecule has 8 nitrogen and oxygen atoms in total. The Balaban J connectivity index is 1.55. The van der Waals surface area contributed by atoms with Crippen molar-refractivity contribution in [1.29, 1.82) is 5.41 Å². The first-order chi connectivity index (χ1) is 14.8. The Labute approximate surface area is 181 Å². The van der Waals surface area contributed by atoms with Gasteiger partial charge in [-0.2, -0.15) is 0 Å². The summed E-state index contributed by atoms with van der Waals surface area (Å²) in [5, 5.41) is 7.52. The molecule has 0 radical (unpaired) electrons. The highest BCUT2D eigenvalue weighted by Crippen LogP contribution is 2.33. The van der Waals surface area contributed by atoms with E-state index in [0.717, 1.165) is 11.1 Å². The summed E-state index contributed by atoms with van der Waals surface area (Å²) in [6, 6.07) is 11.8. The zero-order valence-corrected chi connectivity index (χ0v) is 17.6. The van der Waals surface area contributed by atoms with E-state index >= 15 is 0 Å². The van der Waals surface area contributed by atoms with E-state index in [1.54, 1.807) is 23.1 Å². The van der Waals surface area contributed by atoms with Crippen molar-refractivity contribution in [1.82, 2.24) is 9.80 Å². The maximum Gasteiger partial charge on any atom is 0.327 e. The topological polar surface area (TPSA) is 109 Å². The van der Waals surface area contributed by atoms with Crippen LogP contribution in [0.5, 0.6) is 11.5 Å². The molecule has 0 unspecified atom stereocenters. The van der Waals surface area contributed by atoms with Gasteiger partial charge in [0.05, 0.1) is 6.54 Å². The summed E-state index contributed by atoms with van der Waals surface area (Å²) in [5.41, 5.74) is 7.87. The van der Waals surface area contributed by atoms with Crippen molar-refractivity contribution in [2.24, 2.45) is 11.7 Å². The SMILES string of the molecule is CC(C)CN1C(=O)N(Cc2ccc3c(c2)OCO3)C(=O)[C@@H]1Cc1ccc(C(=N)N)cc1. The lowest BCUT2D eigenvalue weighted by molar-refractivity contribution is -0.128. The van der Waals surface area contributed by atoms with Crippen LogP contribution >= 0.6 is 0 Å². The Morgan fingerprint density at radius 3 is 2.45 bits per heavy atom. The second-order valence-electron chi connectivity index (χ2n) is 8.27. The first-order valence-electron chi connectivity index (χ1n) is 10.3. The van der Waals surface area contributed by atoms with E-state index in [9.17, 15) is 9.59 Å². The fourth-order valence-electron chi connectivity index (χ4n) is 3.90. The largest absolute Gasteiger partial charge is 0.454 e. The van der Waals surface area contributed by atoms with E-state index in [1.165, 1.54) is 4.90 Å². The Hall–Kier alpha value is -3.55. The molecule has 2 aromatic carbocycles. The highest BCUT2D eigenvalue weighted by atomic mass is 16.7. The number of carbonyl (C=O) groups excluding carboxylic acids is 2. The fraction of sp³-hybridized carbons (Fsp3) is 0.348. The number of ether oxygens (including phenoxy) is 2. The lowest BCUT2D eigenvalue weighted by atomic mass is 10.0. The van der Waals surface area contributed by atoms with Gasteiger partial charge in [0.15, 0.2) is 11.5 Å². The highest BCUT2D eigenvalue weighted by Gasteiger charge is 2.44. The van der Waals surface area contributed by atoms with E-state index < -0.39 is 6.04 Å². The van der Waals surface area contributed by atoms with Gasteiger partial charge in [-0.1, -0.05) is 44.2 Å². The number of nitrogens with zero attached hydrogens (tertiary/aromatic N) is 2. The lowest BCUT2D eigenvalue weighted by Crippen LogP contribution is -2.39. The zero-order chi connectivity index (χ0) is 22.1. The maximum atomic E-state index is 13.3. The average Bonchev–Trinajstić information content (AvgIpc) is 3.28. The van der Waals surface area contributed by atoms with Crippen molar-refractivity contribution in [2.45, 2.75) is 32.9 Å². The molecule has 3 amide bonds. The monoisotopic (exact) mass is 422 g/mol. The molecule has 2 aromatic rings. The molecule has 2 aliphatic heterocycles. The number of amidine groups is 1. The van der Waals surface area contributed by atoms with Gasteiger partial charge in [-0.25, -0.2) is 4.79 Å². The molecular weight excluding hydrogens is 396 g/mol. The number of carbonyl (C=O) groups is 2. The molecule has 0 aliphatic carbocycles. The van der Waals surface area contributed by atoms with Crippen LogP contribution in [0.15, 0.2) is 42.5 Å². The summed E-state index contributed by atoms with van der Waals surface area (Å²) < 4.78 is 10.7. The van der Waals surface area contributed by atoms with Gasteiger partial charge in [-0.15, -0.1) is 0 Å². The minimum atomic E-state index is -0.563. The molecule has 31 heavy (non-hydrogen) atoms. The number of rotatable bonds is 7. The van der Waals surface area contributed by atoms with Crippen LogP contribution in [0.25, 0.3) is 0 Å². The predicted octanol–water partition coefficient (Wildman–Crippen LogP) is 2.73. The van der Waals surface area contributed by atoms with E-state index in [-0.39, 0.29) is 37.0 Å². The molecule has 2 heterocycles. The summed E-state index contributed by atoms with van der Waals surface area (Å²) in [6.07, 6.45) is 0.410. The number of hydrogen-bond donors (Lipinski definition) is 2. The number of benzene rings is 2. The number of amides is 3. The molecule has 1 fully saturated rings. The maximum absolute atomic E-state index is 13.3. The first kappa shape index (κ1) is 20.7. The van der Waals surface area contributed by atoms with Crippen LogP contribution in [0.2, 0.25) is 0 Å². The Bertz CT molecular complexity index is 1020. The summed E-state index contributed by atoms with van der Waals surface area (Å²) in [4.78, 5) is 29.4. The molecule has 0 bridgehead atoms. The number of nitrogens with one attached hydrogen (secondary N) is 1. The third-order valence-electron chi connectivity index (χ3n) is 5.44. The van der Waals surface area contributed by atoms with Crippen LogP contribution in [0.1, 0.15) is 30.5 Å². The van der Waals surface area contributed by atoms with Crippen LogP contribution < -0.4 is 15.2 Å². The van der Waals surface area contributed by atoms with Crippen LogP contribution in [-0.2, 0) is 17.8 Å². The van der Waals surface area contributed by atoms with Gasteiger partial charge in [-0.3, -0.25) is 15.1 Å². The van der Waals surface area contributed by atoms with Gasteiger partial charge in [-0.05, 0) is 29.2 Å². The Morgan fingerprint density at radius 2 is 1.77 bits per heavy atom.